The van der Waals surface area contributed by atoms with Crippen LogP contribution in [0, 0.1) is 6.92 Å². The molecular formula is C13H14N4O2S. The molecule has 0 bridgehead atoms. The van der Waals surface area contributed by atoms with Gasteiger partial charge in [-0.05, 0) is 19.1 Å². The Kier molecular flexibility index (Phi) is 3.35. The van der Waals surface area contributed by atoms with Gasteiger partial charge in [0.2, 0.25) is 11.8 Å². The van der Waals surface area contributed by atoms with Crippen LogP contribution >= 0.6 is 11.8 Å². The lowest BCUT2D eigenvalue weighted by Gasteiger charge is -2.02. The lowest BCUT2D eigenvalue weighted by atomic mass is 10.3. The molecule has 1 N–H and O–H groups in total. The molecule has 2 heterocycles. The summed E-state index contributed by atoms with van der Waals surface area (Å²) in [7, 11) is 1.65. The van der Waals surface area contributed by atoms with E-state index in [1.807, 2.05) is 25.1 Å². The van der Waals surface area contributed by atoms with Crippen molar-refractivity contribution in [3.05, 3.63) is 30.0 Å². The van der Waals surface area contributed by atoms with E-state index in [0.29, 0.717) is 11.8 Å². The van der Waals surface area contributed by atoms with Crippen molar-refractivity contribution in [3.8, 4) is 5.75 Å². The first-order valence-electron chi connectivity index (χ1n) is 6.16. The first kappa shape index (κ1) is 13.0. The zero-order chi connectivity index (χ0) is 14.1. The molecule has 0 spiro atoms. The number of benzene rings is 1. The van der Waals surface area contributed by atoms with Crippen LogP contribution in [0.15, 0.2) is 27.8 Å². The van der Waals surface area contributed by atoms with Gasteiger partial charge in [-0.15, -0.1) is 10.2 Å². The molecule has 1 atom stereocenters. The smallest absolute Gasteiger partial charge is 0.229 e. The molecule has 0 fully saturated rings. The van der Waals surface area contributed by atoms with Crippen molar-refractivity contribution >= 4 is 22.8 Å². The highest BCUT2D eigenvalue weighted by atomic mass is 32.2. The van der Waals surface area contributed by atoms with Crippen LogP contribution in [0.3, 0.4) is 0 Å². The fourth-order valence-electron chi connectivity index (χ4n) is 1.84. The van der Waals surface area contributed by atoms with Gasteiger partial charge in [0.15, 0.2) is 5.16 Å². The molecule has 7 heteroatoms. The molecule has 0 radical (unpaired) electrons. The molecule has 6 nitrogen and oxygen atoms in total. The molecule has 1 aromatic carbocycles. The predicted molar refractivity (Wildman–Crippen MR) is 76.0 cm³/mol. The molecule has 0 saturated carbocycles. The second kappa shape index (κ2) is 5.16. The van der Waals surface area contributed by atoms with Gasteiger partial charge < -0.3 is 14.1 Å². The van der Waals surface area contributed by atoms with Crippen molar-refractivity contribution in [1.29, 1.82) is 0 Å². The van der Waals surface area contributed by atoms with Crippen molar-refractivity contribution in [2.24, 2.45) is 0 Å². The first-order valence-corrected chi connectivity index (χ1v) is 7.04. The van der Waals surface area contributed by atoms with Gasteiger partial charge in [-0.3, -0.25) is 0 Å². The third-order valence-electron chi connectivity index (χ3n) is 2.85. The average Bonchev–Trinajstić information content (AvgIpc) is 3.03. The van der Waals surface area contributed by atoms with E-state index < -0.39 is 0 Å². The fourth-order valence-corrected chi connectivity index (χ4v) is 2.69. The molecule has 0 aliphatic rings. The summed E-state index contributed by atoms with van der Waals surface area (Å²) < 4.78 is 10.6. The van der Waals surface area contributed by atoms with E-state index in [0.717, 1.165) is 21.9 Å². The highest BCUT2D eigenvalue weighted by molar-refractivity contribution is 7.99. The standard InChI is InChI=1S/C13H14N4O2S/c1-7(12-17-16-8(2)19-12)20-13-14-10-5-4-9(18-3)6-11(10)15-13/h4-7H,1-3H3,(H,14,15). The molecule has 2 aromatic heterocycles. The number of rotatable bonds is 4. The third kappa shape index (κ3) is 2.49. The molecular weight excluding hydrogens is 276 g/mol. The number of hydrogen-bond acceptors (Lipinski definition) is 6. The number of aromatic nitrogens is 4. The first-order chi connectivity index (χ1) is 9.65. The lowest BCUT2D eigenvalue weighted by molar-refractivity contribution is 0.415. The quantitative estimate of drug-likeness (QED) is 0.744. The van der Waals surface area contributed by atoms with Gasteiger partial charge in [-0.25, -0.2) is 4.98 Å². The van der Waals surface area contributed by atoms with Crippen LogP contribution in [0.25, 0.3) is 11.0 Å². The van der Waals surface area contributed by atoms with Crippen LogP contribution in [0.1, 0.15) is 24.0 Å². The highest BCUT2D eigenvalue weighted by Crippen LogP contribution is 2.33. The number of imidazole rings is 1. The number of thioether (sulfide) groups is 1. The Hall–Kier alpha value is -2.02. The highest BCUT2D eigenvalue weighted by Gasteiger charge is 2.16. The largest absolute Gasteiger partial charge is 0.497 e. The molecule has 0 aliphatic heterocycles. The third-order valence-corrected chi connectivity index (χ3v) is 3.82. The zero-order valence-corrected chi connectivity index (χ0v) is 12.2. The second-order valence-electron chi connectivity index (χ2n) is 4.34. The van der Waals surface area contributed by atoms with E-state index in [4.69, 9.17) is 9.15 Å². The maximum absolute atomic E-state index is 5.42. The number of nitrogens with zero attached hydrogens (tertiary/aromatic N) is 3. The molecule has 0 aliphatic carbocycles. The van der Waals surface area contributed by atoms with Gasteiger partial charge in [-0.1, -0.05) is 11.8 Å². The minimum atomic E-state index is 0.0404. The Balaban J connectivity index is 1.83. The summed E-state index contributed by atoms with van der Waals surface area (Å²) in [6.45, 7) is 3.78. The van der Waals surface area contributed by atoms with Crippen LogP contribution in [-0.4, -0.2) is 27.3 Å². The number of nitrogens with one attached hydrogen (secondary N) is 1. The van der Waals surface area contributed by atoms with Gasteiger partial charge in [0, 0.05) is 13.0 Å². The Bertz CT molecular complexity index is 737. The van der Waals surface area contributed by atoms with Crippen molar-refractivity contribution in [1.82, 2.24) is 20.2 Å². The monoisotopic (exact) mass is 290 g/mol. The summed E-state index contributed by atoms with van der Waals surface area (Å²) in [5, 5.41) is 8.72. The van der Waals surface area contributed by atoms with Crippen LogP contribution in [0.2, 0.25) is 0 Å². The molecule has 1 unspecified atom stereocenters. The normalized spacial score (nSPS) is 12.8. The zero-order valence-electron chi connectivity index (χ0n) is 11.4. The second-order valence-corrected chi connectivity index (χ2v) is 5.67. The number of fused-ring (bicyclic) bond motifs is 1. The van der Waals surface area contributed by atoms with Crippen LogP contribution in [0.4, 0.5) is 0 Å². The molecule has 3 aromatic rings. The number of H-pyrrole nitrogens is 1. The number of aromatic amines is 1. The lowest BCUT2D eigenvalue weighted by Crippen LogP contribution is -1.89. The van der Waals surface area contributed by atoms with E-state index in [2.05, 4.69) is 20.2 Å². The summed E-state index contributed by atoms with van der Waals surface area (Å²) in [5.41, 5.74) is 1.85. The van der Waals surface area contributed by atoms with Crippen LogP contribution in [0.5, 0.6) is 5.75 Å². The summed E-state index contributed by atoms with van der Waals surface area (Å²) in [4.78, 5) is 7.78. The Morgan fingerprint density at radius 2 is 2.20 bits per heavy atom. The summed E-state index contributed by atoms with van der Waals surface area (Å²) >= 11 is 1.55. The van der Waals surface area contributed by atoms with E-state index in [1.165, 1.54) is 0 Å². The summed E-state index contributed by atoms with van der Waals surface area (Å²) in [5.74, 6) is 1.98. The Labute approximate surface area is 119 Å². The molecule has 0 saturated heterocycles. The molecule has 3 rings (SSSR count). The van der Waals surface area contributed by atoms with Crippen molar-refractivity contribution < 1.29 is 9.15 Å². The van der Waals surface area contributed by atoms with Crippen molar-refractivity contribution in [3.63, 3.8) is 0 Å². The summed E-state index contributed by atoms with van der Waals surface area (Å²) in [6.07, 6.45) is 0. The van der Waals surface area contributed by atoms with Gasteiger partial charge in [-0.2, -0.15) is 0 Å². The topological polar surface area (TPSA) is 76.8 Å². The van der Waals surface area contributed by atoms with E-state index >= 15 is 0 Å². The molecule has 0 amide bonds. The van der Waals surface area contributed by atoms with E-state index in [-0.39, 0.29) is 5.25 Å². The predicted octanol–water partition coefficient (Wildman–Crippen LogP) is 3.12. The van der Waals surface area contributed by atoms with Crippen molar-refractivity contribution in [2.45, 2.75) is 24.3 Å². The van der Waals surface area contributed by atoms with Crippen LogP contribution < -0.4 is 4.74 Å². The van der Waals surface area contributed by atoms with Gasteiger partial charge in [0.05, 0.1) is 23.4 Å². The van der Waals surface area contributed by atoms with Gasteiger partial charge in [0.25, 0.3) is 0 Å². The fraction of sp³-hybridized carbons (Fsp3) is 0.308. The molecule has 104 valence electrons. The minimum Gasteiger partial charge on any atom is -0.497 e. The number of methoxy groups -OCH3 is 1. The van der Waals surface area contributed by atoms with Crippen LogP contribution in [-0.2, 0) is 0 Å². The minimum absolute atomic E-state index is 0.0404. The maximum atomic E-state index is 5.42. The van der Waals surface area contributed by atoms with Gasteiger partial charge >= 0.3 is 0 Å². The SMILES string of the molecule is COc1ccc2nc(SC(C)c3nnc(C)o3)[nH]c2c1. The van der Waals surface area contributed by atoms with Crippen molar-refractivity contribution in [2.75, 3.05) is 7.11 Å². The van der Waals surface area contributed by atoms with E-state index in [9.17, 15) is 0 Å². The summed E-state index contributed by atoms with van der Waals surface area (Å²) in [6, 6.07) is 5.74. The Morgan fingerprint density at radius 3 is 2.90 bits per heavy atom. The molecule has 20 heavy (non-hydrogen) atoms. The Morgan fingerprint density at radius 1 is 1.35 bits per heavy atom. The average molecular weight is 290 g/mol. The van der Waals surface area contributed by atoms with Gasteiger partial charge in [0.1, 0.15) is 5.75 Å². The maximum Gasteiger partial charge on any atom is 0.229 e. The number of hydrogen-bond donors (Lipinski definition) is 1. The number of ether oxygens (including phenoxy) is 1. The number of aryl methyl sites for hydroxylation is 1. The van der Waals surface area contributed by atoms with E-state index in [1.54, 1.807) is 25.8 Å².